The minimum atomic E-state index is 0.811. The fourth-order valence-corrected chi connectivity index (χ4v) is 1.51. The van der Waals surface area contributed by atoms with Gasteiger partial charge < -0.3 is 0 Å². The minimum Gasteiger partial charge on any atom is -0.252 e. The van der Waals surface area contributed by atoms with Crippen LogP contribution in [0.1, 0.15) is 52.4 Å². The third-order valence-electron chi connectivity index (χ3n) is 2.61. The Morgan fingerprint density at radius 1 is 1.15 bits per heavy atom. The van der Waals surface area contributed by atoms with Gasteiger partial charge in [-0.1, -0.05) is 33.1 Å². The fourth-order valence-electron chi connectivity index (χ4n) is 1.51. The smallest absolute Gasteiger partial charge is 0.0216 e. The Bertz CT molecular complexity index is 121. The van der Waals surface area contributed by atoms with Gasteiger partial charge in [-0.05, 0) is 19.3 Å². The van der Waals surface area contributed by atoms with Gasteiger partial charge in [0.2, 0.25) is 0 Å². The van der Waals surface area contributed by atoms with Gasteiger partial charge in [-0.3, -0.25) is 5.43 Å². The van der Waals surface area contributed by atoms with Crippen LogP contribution >= 0.6 is 0 Å². The summed E-state index contributed by atoms with van der Waals surface area (Å²) in [6.45, 7) is 6.87. The van der Waals surface area contributed by atoms with E-state index in [1.54, 1.807) is 0 Å². The van der Waals surface area contributed by atoms with Crippen LogP contribution in [0, 0.1) is 0 Å². The van der Waals surface area contributed by atoms with Crippen molar-refractivity contribution in [2.45, 2.75) is 58.4 Å². The molecule has 0 unspecified atom stereocenters. The first-order chi connectivity index (χ1) is 6.36. The second-order valence-electron chi connectivity index (χ2n) is 4.04. The van der Waals surface area contributed by atoms with Crippen LogP contribution in [0.2, 0.25) is 0 Å². The first-order valence-electron chi connectivity index (χ1n) is 5.88. The van der Waals surface area contributed by atoms with E-state index in [0.717, 1.165) is 12.6 Å². The summed E-state index contributed by atoms with van der Waals surface area (Å²) in [7, 11) is 0. The first-order valence-corrected chi connectivity index (χ1v) is 5.88. The maximum atomic E-state index is 3.55. The molecule has 0 aliphatic heterocycles. The average molecular weight is 184 g/mol. The molecule has 2 nitrogen and oxygen atoms in total. The largest absolute Gasteiger partial charge is 0.252 e. The summed E-state index contributed by atoms with van der Waals surface area (Å²) in [5.74, 6) is 0. The highest BCUT2D eigenvalue weighted by Gasteiger charge is 2.22. The van der Waals surface area contributed by atoms with Crippen molar-refractivity contribution in [1.82, 2.24) is 10.4 Å². The van der Waals surface area contributed by atoms with Crippen molar-refractivity contribution in [2.75, 3.05) is 13.1 Å². The molecule has 1 fully saturated rings. The zero-order valence-corrected chi connectivity index (χ0v) is 9.18. The lowest BCUT2D eigenvalue weighted by Crippen LogP contribution is -2.39. The second kappa shape index (κ2) is 6.39. The van der Waals surface area contributed by atoms with Gasteiger partial charge in [-0.15, -0.1) is 0 Å². The first kappa shape index (κ1) is 11.0. The number of hydrogen-bond donors (Lipinski definition) is 1. The van der Waals surface area contributed by atoms with Crippen molar-refractivity contribution >= 4 is 0 Å². The van der Waals surface area contributed by atoms with E-state index in [1.165, 1.54) is 45.1 Å². The van der Waals surface area contributed by atoms with Crippen molar-refractivity contribution in [2.24, 2.45) is 0 Å². The predicted molar refractivity (Wildman–Crippen MR) is 57.5 cm³/mol. The molecule has 0 bridgehead atoms. The van der Waals surface area contributed by atoms with Crippen LogP contribution in [0.3, 0.4) is 0 Å². The van der Waals surface area contributed by atoms with E-state index in [-0.39, 0.29) is 0 Å². The van der Waals surface area contributed by atoms with Crippen LogP contribution in [0.25, 0.3) is 0 Å². The van der Waals surface area contributed by atoms with E-state index in [4.69, 9.17) is 0 Å². The summed E-state index contributed by atoms with van der Waals surface area (Å²) in [6, 6.07) is 0.811. The van der Waals surface area contributed by atoms with E-state index >= 15 is 0 Å². The van der Waals surface area contributed by atoms with Gasteiger partial charge in [0, 0.05) is 19.1 Å². The van der Waals surface area contributed by atoms with E-state index in [2.05, 4.69) is 24.3 Å². The summed E-state index contributed by atoms with van der Waals surface area (Å²) in [4.78, 5) is 0. The summed E-state index contributed by atoms with van der Waals surface area (Å²) in [6.07, 6.45) is 8.22. The van der Waals surface area contributed by atoms with Crippen molar-refractivity contribution in [1.29, 1.82) is 0 Å². The van der Waals surface area contributed by atoms with E-state index in [0.29, 0.717) is 0 Å². The molecule has 0 heterocycles. The molecule has 0 amide bonds. The van der Waals surface area contributed by atoms with Gasteiger partial charge >= 0.3 is 0 Å². The van der Waals surface area contributed by atoms with E-state index in [9.17, 15) is 0 Å². The Hall–Kier alpha value is -0.0800. The van der Waals surface area contributed by atoms with Crippen molar-refractivity contribution < 1.29 is 0 Å². The summed E-state index contributed by atoms with van der Waals surface area (Å²) in [5, 5.41) is 2.38. The Morgan fingerprint density at radius 3 is 2.46 bits per heavy atom. The molecule has 1 aliphatic carbocycles. The van der Waals surface area contributed by atoms with Crippen LogP contribution in [-0.2, 0) is 0 Å². The highest BCUT2D eigenvalue weighted by atomic mass is 15.5. The Labute approximate surface area is 82.7 Å². The lowest BCUT2D eigenvalue weighted by atomic mass is 10.2. The van der Waals surface area contributed by atoms with Gasteiger partial charge in [0.25, 0.3) is 0 Å². The molecule has 13 heavy (non-hydrogen) atoms. The topological polar surface area (TPSA) is 15.3 Å². The molecule has 1 N–H and O–H groups in total. The molecule has 0 radical (unpaired) electrons. The van der Waals surface area contributed by atoms with Crippen LogP contribution in [0.4, 0.5) is 0 Å². The zero-order valence-electron chi connectivity index (χ0n) is 9.18. The monoisotopic (exact) mass is 184 g/mol. The summed E-state index contributed by atoms with van der Waals surface area (Å²) in [5.41, 5.74) is 3.55. The Morgan fingerprint density at radius 2 is 1.92 bits per heavy atom. The number of hydrogen-bond acceptors (Lipinski definition) is 2. The van der Waals surface area contributed by atoms with Crippen LogP contribution in [0.15, 0.2) is 0 Å². The van der Waals surface area contributed by atoms with Crippen LogP contribution in [-0.4, -0.2) is 24.1 Å². The van der Waals surface area contributed by atoms with Gasteiger partial charge in [0.1, 0.15) is 0 Å². The molecular formula is C11H24N2. The molecular weight excluding hydrogens is 160 g/mol. The predicted octanol–water partition coefficient (Wildman–Crippen LogP) is 2.56. The van der Waals surface area contributed by atoms with E-state index in [1.807, 2.05) is 0 Å². The van der Waals surface area contributed by atoms with Crippen LogP contribution < -0.4 is 5.43 Å². The molecule has 1 rings (SSSR count). The zero-order chi connectivity index (χ0) is 9.52. The van der Waals surface area contributed by atoms with Gasteiger partial charge in [0.15, 0.2) is 0 Å². The summed E-state index contributed by atoms with van der Waals surface area (Å²) >= 11 is 0. The number of nitrogens with one attached hydrogen (secondary N) is 1. The molecule has 1 saturated carbocycles. The molecule has 0 saturated heterocycles. The number of unbranched alkanes of at least 4 members (excludes halogenated alkanes) is 3. The molecule has 0 aromatic rings. The van der Waals surface area contributed by atoms with Gasteiger partial charge in [0.05, 0.1) is 0 Å². The fraction of sp³-hybridized carbons (Fsp3) is 1.00. The van der Waals surface area contributed by atoms with Gasteiger partial charge in [-0.25, -0.2) is 5.01 Å². The number of hydrazine groups is 1. The normalized spacial score (nSPS) is 16.8. The quantitative estimate of drug-likeness (QED) is 0.461. The Balaban J connectivity index is 1.94. The van der Waals surface area contributed by atoms with Crippen molar-refractivity contribution in [3.8, 4) is 0 Å². The second-order valence-corrected chi connectivity index (χ2v) is 4.04. The molecule has 0 atom stereocenters. The number of nitrogens with zero attached hydrogens (tertiary/aromatic N) is 1. The maximum Gasteiger partial charge on any atom is 0.0216 e. The van der Waals surface area contributed by atoms with Crippen molar-refractivity contribution in [3.63, 3.8) is 0 Å². The molecule has 0 aromatic carbocycles. The lowest BCUT2D eigenvalue weighted by molar-refractivity contribution is 0.189. The molecule has 0 spiro atoms. The molecule has 1 aliphatic rings. The van der Waals surface area contributed by atoms with E-state index < -0.39 is 0 Å². The molecule has 0 aromatic heterocycles. The standard InChI is InChI=1S/C11H24N2/c1-3-5-6-7-10-13(4-2)12-11-8-9-11/h11-12H,3-10H2,1-2H3. The highest BCUT2D eigenvalue weighted by molar-refractivity contribution is 4.79. The minimum absolute atomic E-state index is 0.811. The third kappa shape index (κ3) is 5.27. The third-order valence-corrected chi connectivity index (χ3v) is 2.61. The maximum absolute atomic E-state index is 3.55. The Kier molecular flexibility index (Phi) is 5.40. The lowest BCUT2D eigenvalue weighted by Gasteiger charge is -2.21. The molecule has 2 heteroatoms. The molecule has 78 valence electrons. The summed E-state index contributed by atoms with van der Waals surface area (Å²) < 4.78 is 0. The number of rotatable bonds is 8. The van der Waals surface area contributed by atoms with Gasteiger partial charge in [-0.2, -0.15) is 0 Å². The highest BCUT2D eigenvalue weighted by Crippen LogP contribution is 2.19. The van der Waals surface area contributed by atoms with Crippen LogP contribution in [0.5, 0.6) is 0 Å². The van der Waals surface area contributed by atoms with Crippen molar-refractivity contribution in [3.05, 3.63) is 0 Å². The average Bonchev–Trinajstić information content (AvgIpc) is 2.94. The SMILES string of the molecule is CCCCCCN(CC)NC1CC1.